The SMILES string of the molecule is O=C(O)Cn1ccc(NC(=O)C2CCCN(C(=O)c3ccc(Cl)cc3)C2)n1. The van der Waals surface area contributed by atoms with E-state index in [1.165, 1.54) is 10.9 Å². The minimum absolute atomic E-state index is 0.130. The van der Waals surface area contributed by atoms with Crippen LogP contribution in [0.3, 0.4) is 0 Å². The van der Waals surface area contributed by atoms with Crippen LogP contribution >= 0.6 is 11.6 Å². The predicted octanol–water partition coefficient (Wildman–Crippen LogP) is 2.11. The first-order valence-corrected chi connectivity index (χ1v) is 8.91. The average molecular weight is 391 g/mol. The van der Waals surface area contributed by atoms with E-state index < -0.39 is 5.97 Å². The van der Waals surface area contributed by atoms with Crippen molar-refractivity contribution in [3.8, 4) is 0 Å². The van der Waals surface area contributed by atoms with Crippen LogP contribution in [-0.2, 0) is 16.1 Å². The topological polar surface area (TPSA) is 105 Å². The number of carbonyl (C=O) groups is 3. The minimum atomic E-state index is -1.01. The minimum Gasteiger partial charge on any atom is -0.480 e. The maximum absolute atomic E-state index is 12.6. The third-order valence-electron chi connectivity index (χ3n) is 4.36. The number of rotatable bonds is 5. The van der Waals surface area contributed by atoms with Gasteiger partial charge in [0.2, 0.25) is 5.91 Å². The predicted molar refractivity (Wildman–Crippen MR) is 98.6 cm³/mol. The van der Waals surface area contributed by atoms with Crippen LogP contribution in [-0.4, -0.2) is 50.7 Å². The molecule has 0 saturated carbocycles. The molecule has 9 heteroatoms. The second kappa shape index (κ2) is 8.22. The maximum Gasteiger partial charge on any atom is 0.325 e. The molecule has 142 valence electrons. The van der Waals surface area contributed by atoms with Gasteiger partial charge < -0.3 is 15.3 Å². The first-order valence-electron chi connectivity index (χ1n) is 8.53. The molecule has 3 rings (SSSR count). The smallest absolute Gasteiger partial charge is 0.325 e. The van der Waals surface area contributed by atoms with Crippen molar-refractivity contribution >= 4 is 35.2 Å². The summed E-state index contributed by atoms with van der Waals surface area (Å²) in [5, 5.41) is 16.0. The van der Waals surface area contributed by atoms with E-state index in [-0.39, 0.29) is 24.3 Å². The molecule has 1 aliphatic heterocycles. The van der Waals surface area contributed by atoms with Crippen LogP contribution in [0.15, 0.2) is 36.5 Å². The van der Waals surface area contributed by atoms with Gasteiger partial charge in [0.05, 0.1) is 5.92 Å². The normalized spacial score (nSPS) is 16.8. The second-order valence-electron chi connectivity index (χ2n) is 6.38. The van der Waals surface area contributed by atoms with E-state index in [0.29, 0.717) is 35.9 Å². The lowest BCUT2D eigenvalue weighted by molar-refractivity contribution is -0.137. The summed E-state index contributed by atoms with van der Waals surface area (Å²) in [5.41, 5.74) is 0.535. The fourth-order valence-corrected chi connectivity index (χ4v) is 3.16. The van der Waals surface area contributed by atoms with Gasteiger partial charge in [0, 0.05) is 35.9 Å². The Morgan fingerprint density at radius 2 is 1.96 bits per heavy atom. The van der Waals surface area contributed by atoms with Gasteiger partial charge in [-0.3, -0.25) is 19.1 Å². The lowest BCUT2D eigenvalue weighted by Gasteiger charge is -2.32. The molecule has 8 nitrogen and oxygen atoms in total. The number of halogens is 1. The van der Waals surface area contributed by atoms with Gasteiger partial charge in [-0.05, 0) is 37.1 Å². The number of aromatic nitrogens is 2. The number of likely N-dealkylation sites (tertiary alicyclic amines) is 1. The van der Waals surface area contributed by atoms with Gasteiger partial charge in [-0.25, -0.2) is 0 Å². The number of anilines is 1. The number of amides is 2. The van der Waals surface area contributed by atoms with Gasteiger partial charge in [-0.1, -0.05) is 11.6 Å². The van der Waals surface area contributed by atoms with E-state index in [1.807, 2.05) is 0 Å². The zero-order valence-corrected chi connectivity index (χ0v) is 15.2. The molecule has 2 amide bonds. The molecule has 0 aliphatic carbocycles. The quantitative estimate of drug-likeness (QED) is 0.813. The second-order valence-corrected chi connectivity index (χ2v) is 6.82. The molecule has 2 N–H and O–H groups in total. The van der Waals surface area contributed by atoms with Gasteiger partial charge in [-0.2, -0.15) is 5.10 Å². The molecule has 1 aromatic heterocycles. The van der Waals surface area contributed by atoms with Crippen molar-refractivity contribution < 1.29 is 19.5 Å². The van der Waals surface area contributed by atoms with E-state index in [1.54, 1.807) is 35.2 Å². The first-order chi connectivity index (χ1) is 12.9. The van der Waals surface area contributed by atoms with Crippen molar-refractivity contribution in [1.29, 1.82) is 0 Å². The Morgan fingerprint density at radius 3 is 2.67 bits per heavy atom. The number of nitrogens with zero attached hydrogens (tertiary/aromatic N) is 3. The molecule has 0 spiro atoms. The summed E-state index contributed by atoms with van der Waals surface area (Å²) >= 11 is 5.86. The zero-order chi connectivity index (χ0) is 19.4. The van der Waals surface area contributed by atoms with E-state index in [2.05, 4.69) is 10.4 Å². The van der Waals surface area contributed by atoms with E-state index in [0.717, 1.165) is 6.42 Å². The Balaban J connectivity index is 1.60. The highest BCUT2D eigenvalue weighted by molar-refractivity contribution is 6.30. The zero-order valence-electron chi connectivity index (χ0n) is 14.5. The van der Waals surface area contributed by atoms with Gasteiger partial charge >= 0.3 is 5.97 Å². The summed E-state index contributed by atoms with van der Waals surface area (Å²) in [7, 11) is 0. The number of carboxylic acids is 1. The lowest BCUT2D eigenvalue weighted by atomic mass is 9.96. The van der Waals surface area contributed by atoms with E-state index in [9.17, 15) is 14.4 Å². The summed E-state index contributed by atoms with van der Waals surface area (Å²) in [6.45, 7) is 0.643. The van der Waals surface area contributed by atoms with Crippen LogP contribution in [0.25, 0.3) is 0 Å². The number of aliphatic carboxylic acids is 1. The summed E-state index contributed by atoms with van der Waals surface area (Å²) < 4.78 is 1.23. The van der Waals surface area contributed by atoms with Crippen LogP contribution in [0.1, 0.15) is 23.2 Å². The van der Waals surface area contributed by atoms with Gasteiger partial charge in [-0.15, -0.1) is 0 Å². The van der Waals surface area contributed by atoms with E-state index >= 15 is 0 Å². The van der Waals surface area contributed by atoms with E-state index in [4.69, 9.17) is 16.7 Å². The number of benzene rings is 1. The van der Waals surface area contributed by atoms with Crippen molar-refractivity contribution in [2.24, 2.45) is 5.92 Å². The molecule has 1 saturated heterocycles. The average Bonchev–Trinajstić information content (AvgIpc) is 3.08. The fourth-order valence-electron chi connectivity index (χ4n) is 3.03. The molecule has 2 aromatic rings. The summed E-state index contributed by atoms with van der Waals surface area (Å²) in [4.78, 5) is 37.5. The Kier molecular flexibility index (Phi) is 5.75. The molecule has 2 heterocycles. The molecule has 27 heavy (non-hydrogen) atoms. The van der Waals surface area contributed by atoms with Crippen LogP contribution < -0.4 is 5.32 Å². The van der Waals surface area contributed by atoms with Crippen molar-refractivity contribution in [3.05, 3.63) is 47.1 Å². The Bertz CT molecular complexity index is 849. The molecule has 1 aliphatic rings. The van der Waals surface area contributed by atoms with Crippen molar-refractivity contribution in [2.75, 3.05) is 18.4 Å². The molecule has 1 aromatic carbocycles. The van der Waals surface area contributed by atoms with Crippen molar-refractivity contribution in [2.45, 2.75) is 19.4 Å². The Morgan fingerprint density at radius 1 is 1.22 bits per heavy atom. The summed E-state index contributed by atoms with van der Waals surface area (Å²) in [6, 6.07) is 8.21. The Hall–Kier alpha value is -2.87. The lowest BCUT2D eigenvalue weighted by Crippen LogP contribution is -2.43. The first kappa shape index (κ1) is 18.9. The molecule has 1 unspecified atom stereocenters. The molecular formula is C18H19ClN4O4. The van der Waals surface area contributed by atoms with Crippen LogP contribution in [0.4, 0.5) is 5.82 Å². The number of nitrogens with one attached hydrogen (secondary N) is 1. The largest absolute Gasteiger partial charge is 0.480 e. The number of hydrogen-bond acceptors (Lipinski definition) is 4. The fraction of sp³-hybridized carbons (Fsp3) is 0.333. The standard InChI is InChI=1S/C18H19ClN4O4/c19-14-5-3-12(4-6-14)18(27)22-8-1-2-13(10-22)17(26)20-15-7-9-23(21-15)11-16(24)25/h3-7,9,13H,1-2,8,10-11H2,(H,24,25)(H,20,21,26). The molecule has 0 radical (unpaired) electrons. The van der Waals surface area contributed by atoms with Crippen molar-refractivity contribution in [3.63, 3.8) is 0 Å². The van der Waals surface area contributed by atoms with Crippen LogP contribution in [0, 0.1) is 5.92 Å². The van der Waals surface area contributed by atoms with Crippen LogP contribution in [0.2, 0.25) is 5.02 Å². The third kappa shape index (κ3) is 4.85. The number of piperidine rings is 1. The highest BCUT2D eigenvalue weighted by Crippen LogP contribution is 2.21. The summed E-state index contributed by atoms with van der Waals surface area (Å²) in [6.07, 6.45) is 2.89. The third-order valence-corrected chi connectivity index (χ3v) is 4.61. The molecular weight excluding hydrogens is 372 g/mol. The van der Waals surface area contributed by atoms with Crippen LogP contribution in [0.5, 0.6) is 0 Å². The maximum atomic E-state index is 12.6. The molecule has 1 atom stereocenters. The molecule has 1 fully saturated rings. The summed E-state index contributed by atoms with van der Waals surface area (Å²) in [5.74, 6) is -1.43. The van der Waals surface area contributed by atoms with Gasteiger partial charge in [0.25, 0.3) is 5.91 Å². The van der Waals surface area contributed by atoms with Gasteiger partial charge in [0.1, 0.15) is 6.54 Å². The number of carboxylic acid groups (broad SMARTS) is 1. The van der Waals surface area contributed by atoms with Crippen molar-refractivity contribution in [1.82, 2.24) is 14.7 Å². The highest BCUT2D eigenvalue weighted by atomic mass is 35.5. The molecule has 0 bridgehead atoms. The van der Waals surface area contributed by atoms with Gasteiger partial charge in [0.15, 0.2) is 5.82 Å². The monoisotopic (exact) mass is 390 g/mol. The number of carbonyl (C=O) groups excluding carboxylic acids is 2. The highest BCUT2D eigenvalue weighted by Gasteiger charge is 2.29. The number of hydrogen-bond donors (Lipinski definition) is 2. The Labute approximate surface area is 160 Å².